The number of methoxy groups -OCH3 is 1. The zero-order valence-corrected chi connectivity index (χ0v) is 10.3. The van der Waals surface area contributed by atoms with Crippen LogP contribution in [0, 0.1) is 0 Å². The standard InChI is InChI=1S/C14H13NO3/c1-15-12-10-6-4-9(18-2)7-8(10)3-5-11(12)13(16)14(15)17/h4,6-7H,3,5H2,1-2H3. The summed E-state index contributed by atoms with van der Waals surface area (Å²) in [4.78, 5) is 25.0. The van der Waals surface area contributed by atoms with Gasteiger partial charge in [0.2, 0.25) is 5.78 Å². The molecule has 3 rings (SSSR count). The number of ether oxygens (including phenoxy) is 1. The van der Waals surface area contributed by atoms with Crippen molar-refractivity contribution in [3.8, 4) is 5.75 Å². The topological polar surface area (TPSA) is 46.6 Å². The van der Waals surface area contributed by atoms with Gasteiger partial charge in [-0.15, -0.1) is 0 Å². The second-order valence-corrected chi connectivity index (χ2v) is 4.54. The average molecular weight is 243 g/mol. The Bertz CT molecular complexity index is 601. The monoisotopic (exact) mass is 243 g/mol. The summed E-state index contributed by atoms with van der Waals surface area (Å²) in [7, 11) is 3.28. The van der Waals surface area contributed by atoms with Crippen molar-refractivity contribution in [2.24, 2.45) is 0 Å². The van der Waals surface area contributed by atoms with Crippen LogP contribution in [0.2, 0.25) is 0 Å². The summed E-state index contributed by atoms with van der Waals surface area (Å²) in [6, 6.07) is 5.75. The number of benzene rings is 1. The minimum atomic E-state index is -0.427. The van der Waals surface area contributed by atoms with Crippen LogP contribution >= 0.6 is 0 Å². The lowest BCUT2D eigenvalue weighted by Gasteiger charge is -2.22. The Morgan fingerprint density at radius 3 is 2.72 bits per heavy atom. The minimum absolute atomic E-state index is 0.353. The van der Waals surface area contributed by atoms with Gasteiger partial charge in [0.1, 0.15) is 5.75 Å². The highest BCUT2D eigenvalue weighted by Gasteiger charge is 2.39. The predicted octanol–water partition coefficient (Wildman–Crippen LogP) is 1.39. The molecule has 0 fully saturated rings. The molecule has 1 heterocycles. The lowest BCUT2D eigenvalue weighted by Crippen LogP contribution is -2.24. The van der Waals surface area contributed by atoms with Crippen LogP contribution in [0.25, 0.3) is 5.70 Å². The van der Waals surface area contributed by atoms with Crippen molar-refractivity contribution in [1.29, 1.82) is 0 Å². The first-order valence-corrected chi connectivity index (χ1v) is 5.86. The van der Waals surface area contributed by atoms with Crippen molar-refractivity contribution in [2.45, 2.75) is 12.8 Å². The molecule has 0 saturated carbocycles. The molecule has 1 amide bonds. The fraction of sp³-hybridized carbons (Fsp3) is 0.286. The van der Waals surface area contributed by atoms with Crippen LogP contribution in [-0.4, -0.2) is 30.7 Å². The van der Waals surface area contributed by atoms with E-state index in [1.807, 2.05) is 18.2 Å². The van der Waals surface area contributed by atoms with E-state index in [4.69, 9.17) is 4.74 Å². The fourth-order valence-corrected chi connectivity index (χ4v) is 2.66. The molecule has 4 nitrogen and oxygen atoms in total. The Labute approximate surface area is 105 Å². The van der Waals surface area contributed by atoms with Crippen LogP contribution in [0.15, 0.2) is 23.8 Å². The number of aryl methyl sites for hydroxylation is 1. The van der Waals surface area contributed by atoms with Gasteiger partial charge in [0.15, 0.2) is 0 Å². The van der Waals surface area contributed by atoms with E-state index < -0.39 is 5.91 Å². The maximum Gasteiger partial charge on any atom is 0.298 e. The summed E-state index contributed by atoms with van der Waals surface area (Å²) in [5.74, 6) is 0.0220. The summed E-state index contributed by atoms with van der Waals surface area (Å²) >= 11 is 0. The molecule has 2 aliphatic rings. The van der Waals surface area contributed by atoms with E-state index in [1.54, 1.807) is 14.2 Å². The molecule has 1 aliphatic carbocycles. The number of hydrogen-bond acceptors (Lipinski definition) is 3. The van der Waals surface area contributed by atoms with Crippen molar-refractivity contribution in [1.82, 2.24) is 4.90 Å². The quantitative estimate of drug-likeness (QED) is 0.700. The Kier molecular flexibility index (Phi) is 2.26. The van der Waals surface area contributed by atoms with Crippen molar-refractivity contribution in [2.75, 3.05) is 14.2 Å². The van der Waals surface area contributed by atoms with E-state index in [9.17, 15) is 9.59 Å². The van der Waals surface area contributed by atoms with Crippen molar-refractivity contribution in [3.63, 3.8) is 0 Å². The Hall–Kier alpha value is -2.10. The third-order valence-corrected chi connectivity index (χ3v) is 3.61. The van der Waals surface area contributed by atoms with Crippen LogP contribution < -0.4 is 4.74 Å². The third-order valence-electron chi connectivity index (χ3n) is 3.61. The van der Waals surface area contributed by atoms with E-state index in [0.717, 1.165) is 29.0 Å². The number of carbonyl (C=O) groups is 2. The fourth-order valence-electron chi connectivity index (χ4n) is 2.66. The molecule has 0 unspecified atom stereocenters. The number of rotatable bonds is 1. The van der Waals surface area contributed by atoms with Gasteiger partial charge in [0.05, 0.1) is 12.8 Å². The molecule has 0 spiro atoms. The van der Waals surface area contributed by atoms with E-state index in [-0.39, 0.29) is 5.78 Å². The van der Waals surface area contributed by atoms with E-state index >= 15 is 0 Å². The summed E-state index contributed by atoms with van der Waals surface area (Å²) < 4.78 is 5.20. The Balaban J connectivity index is 2.17. The van der Waals surface area contributed by atoms with Crippen LogP contribution in [0.1, 0.15) is 17.5 Å². The highest BCUT2D eigenvalue weighted by Crippen LogP contribution is 2.38. The second kappa shape index (κ2) is 3.70. The lowest BCUT2D eigenvalue weighted by atomic mass is 9.89. The summed E-state index contributed by atoms with van der Waals surface area (Å²) in [6.45, 7) is 0. The molecular formula is C14H13NO3. The maximum absolute atomic E-state index is 11.8. The maximum atomic E-state index is 11.8. The molecule has 0 radical (unpaired) electrons. The normalized spacial score (nSPS) is 18.0. The van der Waals surface area contributed by atoms with Gasteiger partial charge in [0.25, 0.3) is 5.91 Å². The Morgan fingerprint density at radius 1 is 1.22 bits per heavy atom. The molecule has 1 aromatic rings. The highest BCUT2D eigenvalue weighted by molar-refractivity contribution is 6.48. The zero-order valence-electron chi connectivity index (χ0n) is 10.3. The van der Waals surface area contributed by atoms with E-state index in [2.05, 4.69) is 0 Å². The summed E-state index contributed by atoms with van der Waals surface area (Å²) in [5, 5.41) is 0. The van der Waals surface area contributed by atoms with Crippen molar-refractivity contribution in [3.05, 3.63) is 34.9 Å². The Morgan fingerprint density at radius 2 is 2.00 bits per heavy atom. The molecule has 18 heavy (non-hydrogen) atoms. The number of amides is 1. The van der Waals surface area contributed by atoms with Gasteiger partial charge in [-0.3, -0.25) is 9.59 Å². The molecule has 1 aliphatic heterocycles. The van der Waals surface area contributed by atoms with Gasteiger partial charge in [-0.1, -0.05) is 0 Å². The molecule has 0 saturated heterocycles. The summed E-state index contributed by atoms with van der Waals surface area (Å²) in [6.07, 6.45) is 1.41. The number of likely N-dealkylation sites (N-methyl/N-ethyl adjacent to an activating group) is 1. The number of hydrogen-bond donors (Lipinski definition) is 0. The molecule has 0 bridgehead atoms. The number of fused-ring (bicyclic) bond motifs is 2. The first-order valence-electron chi connectivity index (χ1n) is 5.86. The van der Waals surface area contributed by atoms with Gasteiger partial charge in [-0.05, 0) is 36.6 Å². The second-order valence-electron chi connectivity index (χ2n) is 4.54. The molecule has 92 valence electrons. The first-order chi connectivity index (χ1) is 8.63. The molecule has 0 atom stereocenters. The predicted molar refractivity (Wildman–Crippen MR) is 66.0 cm³/mol. The molecule has 4 heteroatoms. The van der Waals surface area contributed by atoms with Crippen LogP contribution in [-0.2, 0) is 16.0 Å². The van der Waals surface area contributed by atoms with E-state index in [0.29, 0.717) is 12.0 Å². The number of nitrogens with zero attached hydrogens (tertiary/aromatic N) is 1. The average Bonchev–Trinajstić information content (AvgIpc) is 2.63. The largest absolute Gasteiger partial charge is 0.497 e. The SMILES string of the molecule is COc1ccc2c(c1)CCC1=C2N(C)C(=O)C1=O. The smallest absolute Gasteiger partial charge is 0.298 e. The summed E-state index contributed by atoms with van der Waals surface area (Å²) in [5.41, 5.74) is 3.52. The van der Waals surface area contributed by atoms with Crippen LogP contribution in [0.5, 0.6) is 5.75 Å². The molecule has 1 aromatic carbocycles. The molecular weight excluding hydrogens is 230 g/mol. The first kappa shape index (κ1) is 11.0. The van der Waals surface area contributed by atoms with Crippen LogP contribution in [0.4, 0.5) is 0 Å². The number of carbonyl (C=O) groups excluding carboxylic acids is 2. The van der Waals surface area contributed by atoms with Gasteiger partial charge < -0.3 is 9.64 Å². The molecule has 0 N–H and O–H groups in total. The lowest BCUT2D eigenvalue weighted by molar-refractivity contribution is -0.138. The number of ketones is 1. The van der Waals surface area contributed by atoms with Gasteiger partial charge in [0, 0.05) is 18.2 Å². The highest BCUT2D eigenvalue weighted by atomic mass is 16.5. The number of Topliss-reactive ketones (excluding diaryl/α,β-unsaturated/α-hetero) is 1. The third kappa shape index (κ3) is 1.32. The minimum Gasteiger partial charge on any atom is -0.497 e. The van der Waals surface area contributed by atoms with E-state index in [1.165, 1.54) is 4.90 Å². The van der Waals surface area contributed by atoms with Gasteiger partial charge in [-0.25, -0.2) is 0 Å². The van der Waals surface area contributed by atoms with Crippen molar-refractivity contribution >= 4 is 17.4 Å². The molecule has 0 aromatic heterocycles. The zero-order chi connectivity index (χ0) is 12.9. The van der Waals surface area contributed by atoms with Gasteiger partial charge in [-0.2, -0.15) is 0 Å². The van der Waals surface area contributed by atoms with Crippen LogP contribution in [0.3, 0.4) is 0 Å². The van der Waals surface area contributed by atoms with Crippen molar-refractivity contribution < 1.29 is 14.3 Å². The van der Waals surface area contributed by atoms with Gasteiger partial charge >= 0.3 is 0 Å².